The highest BCUT2D eigenvalue weighted by Gasteiger charge is 2.42. The zero-order valence-corrected chi connectivity index (χ0v) is 16.7. The van der Waals surface area contributed by atoms with Crippen LogP contribution < -0.4 is 5.32 Å². The molecule has 2 fully saturated rings. The van der Waals surface area contributed by atoms with Crippen molar-refractivity contribution >= 4 is 11.7 Å². The molecule has 1 N–H and O–H groups in total. The molecule has 3 rings (SSSR count). The Hall–Kier alpha value is -1.72. The number of nitrogens with zero attached hydrogens (tertiary/aromatic N) is 1. The third-order valence-corrected chi connectivity index (χ3v) is 6.18. The number of carbonyl (C=O) groups excluding carboxylic acids is 2. The predicted molar refractivity (Wildman–Crippen MR) is 106 cm³/mol. The van der Waals surface area contributed by atoms with E-state index >= 15 is 0 Å². The molecule has 0 bridgehead atoms. The summed E-state index contributed by atoms with van der Waals surface area (Å²) in [5.74, 6) is -0.401. The molecule has 3 atom stereocenters. The van der Waals surface area contributed by atoms with Crippen molar-refractivity contribution in [2.75, 3.05) is 26.2 Å². The van der Waals surface area contributed by atoms with E-state index in [1.165, 1.54) is 12.8 Å². The number of amides is 1. The van der Waals surface area contributed by atoms with Crippen LogP contribution in [0.25, 0.3) is 0 Å². The first-order chi connectivity index (χ1) is 12.9. The number of Topliss-reactive ketones (excluding diaryl/α,β-unsaturated/α-hetero) is 1. The van der Waals surface area contributed by atoms with Crippen LogP contribution in [0.15, 0.2) is 30.3 Å². The Morgan fingerprint density at radius 2 is 1.93 bits per heavy atom. The number of hydrogen-bond acceptors (Lipinski definition) is 4. The highest BCUT2D eigenvalue weighted by atomic mass is 16.5. The van der Waals surface area contributed by atoms with Gasteiger partial charge in [0.05, 0.1) is 12.0 Å². The highest BCUT2D eigenvalue weighted by molar-refractivity contribution is 5.94. The summed E-state index contributed by atoms with van der Waals surface area (Å²) in [6, 6.07) is 9.32. The van der Waals surface area contributed by atoms with Crippen molar-refractivity contribution in [2.24, 2.45) is 5.41 Å². The minimum Gasteiger partial charge on any atom is -0.366 e. The highest BCUT2D eigenvalue weighted by Crippen LogP contribution is 2.38. The van der Waals surface area contributed by atoms with Gasteiger partial charge in [0.1, 0.15) is 12.6 Å². The summed E-state index contributed by atoms with van der Waals surface area (Å²) >= 11 is 0. The van der Waals surface area contributed by atoms with Gasteiger partial charge < -0.3 is 15.0 Å². The molecule has 0 saturated carbocycles. The van der Waals surface area contributed by atoms with Crippen LogP contribution in [0, 0.1) is 5.41 Å². The summed E-state index contributed by atoms with van der Waals surface area (Å²) in [4.78, 5) is 28.0. The predicted octanol–water partition coefficient (Wildman–Crippen LogP) is 2.75. The normalized spacial score (nSPS) is 24.9. The van der Waals surface area contributed by atoms with Gasteiger partial charge in [0.15, 0.2) is 5.78 Å². The van der Waals surface area contributed by atoms with E-state index in [2.05, 4.69) is 31.0 Å². The van der Waals surface area contributed by atoms with Crippen molar-refractivity contribution in [1.29, 1.82) is 0 Å². The van der Waals surface area contributed by atoms with Crippen molar-refractivity contribution in [3.63, 3.8) is 0 Å². The number of ketones is 1. The lowest BCUT2D eigenvalue weighted by atomic mass is 9.72. The minimum atomic E-state index is -0.544. The number of nitrogens with one attached hydrogen (secondary N) is 1. The Labute approximate surface area is 162 Å². The summed E-state index contributed by atoms with van der Waals surface area (Å²) in [6.07, 6.45) is 3.00. The van der Waals surface area contributed by atoms with E-state index in [0.717, 1.165) is 25.1 Å². The number of ether oxygens (including phenoxy) is 1. The number of likely N-dealkylation sites (tertiary alicyclic amines) is 1. The summed E-state index contributed by atoms with van der Waals surface area (Å²) in [7, 11) is 0. The zero-order chi connectivity index (χ0) is 19.4. The van der Waals surface area contributed by atoms with Crippen LogP contribution in [0.5, 0.6) is 0 Å². The third kappa shape index (κ3) is 4.58. The molecule has 5 nitrogen and oxygen atoms in total. The molecule has 0 aromatic heterocycles. The largest absolute Gasteiger partial charge is 0.366 e. The summed E-state index contributed by atoms with van der Waals surface area (Å²) < 4.78 is 5.73. The molecule has 2 saturated heterocycles. The maximum absolute atomic E-state index is 13.3. The van der Waals surface area contributed by atoms with E-state index in [0.29, 0.717) is 6.54 Å². The van der Waals surface area contributed by atoms with Gasteiger partial charge in [-0.2, -0.15) is 0 Å². The Bertz CT molecular complexity index is 653. The Morgan fingerprint density at radius 1 is 1.26 bits per heavy atom. The molecule has 5 heteroatoms. The molecular weight excluding hydrogens is 340 g/mol. The molecule has 27 heavy (non-hydrogen) atoms. The fourth-order valence-electron chi connectivity index (χ4n) is 4.18. The number of rotatable bonds is 7. The van der Waals surface area contributed by atoms with E-state index in [1.807, 2.05) is 30.3 Å². The maximum Gasteiger partial charge on any atom is 0.228 e. The molecule has 0 radical (unpaired) electrons. The maximum atomic E-state index is 13.3. The lowest BCUT2D eigenvalue weighted by Gasteiger charge is -2.34. The van der Waals surface area contributed by atoms with Crippen LogP contribution in [0.4, 0.5) is 0 Å². The van der Waals surface area contributed by atoms with Gasteiger partial charge in [-0.3, -0.25) is 9.59 Å². The number of benzene rings is 1. The van der Waals surface area contributed by atoms with Crippen LogP contribution in [-0.2, 0) is 14.3 Å². The molecule has 1 aromatic carbocycles. The first kappa shape index (κ1) is 20.0. The van der Waals surface area contributed by atoms with Gasteiger partial charge in [0.25, 0.3) is 0 Å². The molecular formula is C22H32N2O3. The number of hydrogen-bond donors (Lipinski definition) is 1. The van der Waals surface area contributed by atoms with E-state index < -0.39 is 6.04 Å². The summed E-state index contributed by atoms with van der Waals surface area (Å²) in [6.45, 7) is 9.22. The van der Waals surface area contributed by atoms with Gasteiger partial charge >= 0.3 is 0 Å². The monoisotopic (exact) mass is 372 g/mol. The average molecular weight is 373 g/mol. The van der Waals surface area contributed by atoms with Gasteiger partial charge in [0, 0.05) is 6.54 Å². The van der Waals surface area contributed by atoms with Gasteiger partial charge in [-0.25, -0.2) is 0 Å². The van der Waals surface area contributed by atoms with Crippen LogP contribution >= 0.6 is 0 Å². The smallest absolute Gasteiger partial charge is 0.228 e. The number of carbonyl (C=O) groups is 2. The van der Waals surface area contributed by atoms with Crippen LogP contribution in [0.1, 0.15) is 51.5 Å². The Morgan fingerprint density at radius 3 is 2.56 bits per heavy atom. The molecule has 1 aromatic rings. The minimum absolute atomic E-state index is 0.0198. The average Bonchev–Trinajstić information content (AvgIpc) is 3.28. The second-order valence-electron chi connectivity index (χ2n) is 8.50. The molecule has 2 aliphatic rings. The molecule has 148 valence electrons. The van der Waals surface area contributed by atoms with Crippen molar-refractivity contribution in [1.82, 2.24) is 10.2 Å². The van der Waals surface area contributed by atoms with Gasteiger partial charge in [-0.1, -0.05) is 51.1 Å². The quantitative estimate of drug-likeness (QED) is 0.800. The molecule has 2 aliphatic heterocycles. The van der Waals surface area contributed by atoms with Crippen molar-refractivity contribution < 1.29 is 14.3 Å². The standard InChI is InChI=1S/C22H32N2O3/c1-4-22(2,3)19(16-10-6-5-7-11-16)21(26)23-20-17(25)15-27-18(20)14-24-12-8-9-13-24/h5-7,10-11,18-20H,4,8-9,12-15H2,1-3H3,(H,23,26). The van der Waals surface area contributed by atoms with E-state index in [4.69, 9.17) is 4.74 Å². The zero-order valence-electron chi connectivity index (χ0n) is 16.7. The van der Waals surface area contributed by atoms with Gasteiger partial charge in [-0.05, 0) is 43.3 Å². The topological polar surface area (TPSA) is 58.6 Å². The van der Waals surface area contributed by atoms with Crippen LogP contribution in [-0.4, -0.2) is 55.0 Å². The van der Waals surface area contributed by atoms with Crippen molar-refractivity contribution in [3.05, 3.63) is 35.9 Å². The van der Waals surface area contributed by atoms with Crippen LogP contribution in [0.3, 0.4) is 0 Å². The van der Waals surface area contributed by atoms with E-state index in [-0.39, 0.29) is 35.7 Å². The molecule has 0 aliphatic carbocycles. The Kier molecular flexibility index (Phi) is 6.33. The Balaban J connectivity index is 1.76. The molecule has 1 amide bonds. The first-order valence-corrected chi connectivity index (χ1v) is 10.1. The lowest BCUT2D eigenvalue weighted by molar-refractivity contribution is -0.129. The summed E-state index contributed by atoms with van der Waals surface area (Å²) in [5.41, 5.74) is 0.780. The third-order valence-electron chi connectivity index (χ3n) is 6.18. The molecule has 2 heterocycles. The second-order valence-corrected chi connectivity index (χ2v) is 8.50. The van der Waals surface area contributed by atoms with E-state index in [1.54, 1.807) is 0 Å². The molecule has 0 spiro atoms. The van der Waals surface area contributed by atoms with Gasteiger partial charge in [-0.15, -0.1) is 0 Å². The van der Waals surface area contributed by atoms with Gasteiger partial charge in [0.2, 0.25) is 5.91 Å². The van der Waals surface area contributed by atoms with Crippen molar-refractivity contribution in [3.8, 4) is 0 Å². The van der Waals surface area contributed by atoms with Crippen LogP contribution in [0.2, 0.25) is 0 Å². The SMILES string of the molecule is CCC(C)(C)C(C(=O)NC1C(=O)COC1CN1CCCC1)c1ccccc1. The fourth-order valence-corrected chi connectivity index (χ4v) is 4.18. The van der Waals surface area contributed by atoms with E-state index in [9.17, 15) is 9.59 Å². The lowest BCUT2D eigenvalue weighted by Crippen LogP contribution is -2.51. The first-order valence-electron chi connectivity index (χ1n) is 10.1. The summed E-state index contributed by atoms with van der Waals surface area (Å²) in [5, 5.41) is 3.05. The fraction of sp³-hybridized carbons (Fsp3) is 0.636. The molecule has 3 unspecified atom stereocenters. The second kappa shape index (κ2) is 8.53. The van der Waals surface area contributed by atoms with Crippen molar-refractivity contribution in [2.45, 2.75) is 58.1 Å².